The van der Waals surface area contributed by atoms with Crippen molar-refractivity contribution in [2.24, 2.45) is 0 Å². The van der Waals surface area contributed by atoms with E-state index in [1.54, 1.807) is 11.3 Å². The SMILES string of the molecule is O=C(NC1CCN(Cc2ccc(OC3CCNCC3)c(Cl)c2)CC1)c1csc2ccccc12. The average molecular weight is 484 g/mol. The molecule has 0 saturated carbocycles. The number of carbonyl (C=O) groups excluding carboxylic acids is 1. The molecule has 2 aliphatic heterocycles. The highest BCUT2D eigenvalue weighted by Crippen LogP contribution is 2.29. The fourth-order valence-corrected chi connectivity index (χ4v) is 5.93. The Kier molecular flexibility index (Phi) is 7.16. The quantitative estimate of drug-likeness (QED) is 0.513. The number of carbonyl (C=O) groups is 1. The Bertz CT molecular complexity index is 1100. The van der Waals surface area contributed by atoms with E-state index in [2.05, 4.69) is 27.7 Å². The van der Waals surface area contributed by atoms with E-state index in [4.69, 9.17) is 16.3 Å². The van der Waals surface area contributed by atoms with Crippen LogP contribution < -0.4 is 15.4 Å². The van der Waals surface area contributed by atoms with Gasteiger partial charge in [-0.3, -0.25) is 9.69 Å². The molecule has 0 atom stereocenters. The molecule has 2 aromatic carbocycles. The van der Waals surface area contributed by atoms with Gasteiger partial charge in [0.25, 0.3) is 5.91 Å². The Labute approximate surface area is 204 Å². The number of nitrogens with zero attached hydrogens (tertiary/aromatic N) is 1. The number of nitrogens with one attached hydrogen (secondary N) is 2. The largest absolute Gasteiger partial charge is 0.489 e. The lowest BCUT2D eigenvalue weighted by molar-refractivity contribution is 0.0911. The molecule has 2 fully saturated rings. The van der Waals surface area contributed by atoms with E-state index < -0.39 is 0 Å². The third-order valence-electron chi connectivity index (χ3n) is 6.63. The number of thiophene rings is 1. The maximum absolute atomic E-state index is 12.8. The summed E-state index contributed by atoms with van der Waals surface area (Å²) in [4.78, 5) is 15.3. The molecule has 0 spiro atoms. The summed E-state index contributed by atoms with van der Waals surface area (Å²) >= 11 is 8.16. The first-order chi connectivity index (χ1) is 16.2. The van der Waals surface area contributed by atoms with Gasteiger partial charge >= 0.3 is 0 Å². The third-order valence-corrected chi connectivity index (χ3v) is 7.89. The summed E-state index contributed by atoms with van der Waals surface area (Å²) in [6, 6.07) is 14.5. The zero-order valence-electron chi connectivity index (χ0n) is 18.7. The summed E-state index contributed by atoms with van der Waals surface area (Å²) in [6.45, 7) is 4.78. The predicted molar refractivity (Wildman–Crippen MR) is 136 cm³/mol. The Hall–Kier alpha value is -2.12. The first kappa shape index (κ1) is 22.7. The normalized spacial score (nSPS) is 18.5. The summed E-state index contributed by atoms with van der Waals surface area (Å²) in [6.07, 6.45) is 4.20. The van der Waals surface area contributed by atoms with Gasteiger partial charge in [0.2, 0.25) is 0 Å². The number of ether oxygens (including phenoxy) is 1. The van der Waals surface area contributed by atoms with E-state index >= 15 is 0 Å². The lowest BCUT2D eigenvalue weighted by Crippen LogP contribution is -2.44. The Morgan fingerprint density at radius 3 is 2.70 bits per heavy atom. The Balaban J connectivity index is 1.11. The van der Waals surface area contributed by atoms with Crippen LogP contribution in [0, 0.1) is 0 Å². The van der Waals surface area contributed by atoms with Gasteiger partial charge in [-0.05, 0) is 62.5 Å². The number of halogens is 1. The van der Waals surface area contributed by atoms with Crippen LogP contribution in [0.1, 0.15) is 41.6 Å². The zero-order valence-corrected chi connectivity index (χ0v) is 20.3. The van der Waals surface area contributed by atoms with Gasteiger partial charge in [0.15, 0.2) is 0 Å². The number of benzene rings is 2. The number of piperidine rings is 2. The van der Waals surface area contributed by atoms with Gasteiger partial charge in [-0.1, -0.05) is 35.9 Å². The van der Waals surface area contributed by atoms with Crippen molar-refractivity contribution in [2.75, 3.05) is 26.2 Å². The third kappa shape index (κ3) is 5.52. The lowest BCUT2D eigenvalue weighted by atomic mass is 10.0. The minimum atomic E-state index is 0.0435. The summed E-state index contributed by atoms with van der Waals surface area (Å²) in [5.74, 6) is 0.830. The molecule has 1 aromatic heterocycles. The molecule has 3 aromatic rings. The summed E-state index contributed by atoms with van der Waals surface area (Å²) in [5, 5.41) is 10.3. The monoisotopic (exact) mass is 483 g/mol. The van der Waals surface area contributed by atoms with E-state index in [1.165, 1.54) is 5.56 Å². The zero-order chi connectivity index (χ0) is 22.6. The van der Waals surface area contributed by atoms with Crippen molar-refractivity contribution in [1.29, 1.82) is 0 Å². The summed E-state index contributed by atoms with van der Waals surface area (Å²) < 4.78 is 7.27. The summed E-state index contributed by atoms with van der Waals surface area (Å²) in [7, 11) is 0. The molecule has 1 amide bonds. The number of hydrogen-bond donors (Lipinski definition) is 2. The van der Waals surface area contributed by atoms with Crippen LogP contribution in [-0.2, 0) is 6.54 Å². The van der Waals surface area contributed by atoms with E-state index in [0.29, 0.717) is 5.02 Å². The minimum absolute atomic E-state index is 0.0435. The van der Waals surface area contributed by atoms with Crippen LogP contribution in [0.2, 0.25) is 5.02 Å². The molecule has 2 N–H and O–H groups in total. The highest BCUT2D eigenvalue weighted by Gasteiger charge is 2.23. The molecular formula is C26H30ClN3O2S. The molecule has 33 heavy (non-hydrogen) atoms. The number of hydrogen-bond acceptors (Lipinski definition) is 5. The summed E-state index contributed by atoms with van der Waals surface area (Å²) in [5.41, 5.74) is 1.99. The topological polar surface area (TPSA) is 53.6 Å². The van der Waals surface area contributed by atoms with Gasteiger partial charge in [-0.25, -0.2) is 0 Å². The maximum Gasteiger partial charge on any atom is 0.252 e. The minimum Gasteiger partial charge on any atom is -0.489 e. The number of likely N-dealkylation sites (tertiary alicyclic amines) is 1. The second-order valence-corrected chi connectivity index (χ2v) is 10.3. The van der Waals surface area contributed by atoms with Crippen LogP contribution >= 0.6 is 22.9 Å². The molecule has 3 heterocycles. The smallest absolute Gasteiger partial charge is 0.252 e. The molecule has 5 nitrogen and oxygen atoms in total. The van der Waals surface area contributed by atoms with E-state index in [1.807, 2.05) is 35.7 Å². The Morgan fingerprint density at radius 2 is 1.91 bits per heavy atom. The molecule has 2 aliphatic rings. The molecule has 174 valence electrons. The number of fused-ring (bicyclic) bond motifs is 1. The van der Waals surface area contributed by atoms with Crippen molar-refractivity contribution in [3.63, 3.8) is 0 Å². The molecule has 0 unspecified atom stereocenters. The van der Waals surface area contributed by atoms with Crippen LogP contribution in [0.3, 0.4) is 0 Å². The van der Waals surface area contributed by atoms with Gasteiger partial charge in [0.05, 0.1) is 10.6 Å². The van der Waals surface area contributed by atoms with Crippen LogP contribution in [0.5, 0.6) is 5.75 Å². The standard InChI is InChI=1S/C26H30ClN3O2S/c27-23-15-18(5-6-24(23)32-20-7-11-28-12-8-20)16-30-13-9-19(10-14-30)29-26(31)22-17-33-25-4-2-1-3-21(22)25/h1-6,15,17,19-20,28H,7-14,16H2,(H,29,31). The van der Waals surface area contributed by atoms with E-state index in [0.717, 1.165) is 79.8 Å². The van der Waals surface area contributed by atoms with Gasteiger partial charge in [-0.2, -0.15) is 0 Å². The molecule has 0 radical (unpaired) electrons. The van der Waals surface area contributed by atoms with Gasteiger partial charge in [0.1, 0.15) is 11.9 Å². The van der Waals surface area contributed by atoms with Gasteiger partial charge in [0, 0.05) is 41.1 Å². The fraction of sp³-hybridized carbons (Fsp3) is 0.423. The number of rotatable bonds is 6. The van der Waals surface area contributed by atoms with Gasteiger partial charge in [-0.15, -0.1) is 11.3 Å². The van der Waals surface area contributed by atoms with Crippen LogP contribution in [-0.4, -0.2) is 49.1 Å². The lowest BCUT2D eigenvalue weighted by Gasteiger charge is -2.32. The fourth-order valence-electron chi connectivity index (χ4n) is 4.74. The van der Waals surface area contributed by atoms with Crippen LogP contribution in [0.25, 0.3) is 10.1 Å². The van der Waals surface area contributed by atoms with E-state index in [9.17, 15) is 4.79 Å². The first-order valence-corrected chi connectivity index (χ1v) is 13.1. The highest BCUT2D eigenvalue weighted by molar-refractivity contribution is 7.17. The van der Waals surface area contributed by atoms with Crippen molar-refractivity contribution in [1.82, 2.24) is 15.5 Å². The molecule has 0 bridgehead atoms. The highest BCUT2D eigenvalue weighted by atomic mass is 35.5. The average Bonchev–Trinajstić information content (AvgIpc) is 3.27. The molecule has 2 saturated heterocycles. The molecule has 0 aliphatic carbocycles. The second kappa shape index (κ2) is 10.4. The van der Waals surface area contributed by atoms with Crippen molar-refractivity contribution in [3.05, 3.63) is 64.0 Å². The van der Waals surface area contributed by atoms with Gasteiger partial charge < -0.3 is 15.4 Å². The van der Waals surface area contributed by atoms with Crippen molar-refractivity contribution in [3.8, 4) is 5.75 Å². The maximum atomic E-state index is 12.8. The van der Waals surface area contributed by atoms with Crippen molar-refractivity contribution < 1.29 is 9.53 Å². The van der Waals surface area contributed by atoms with Crippen molar-refractivity contribution >= 4 is 38.9 Å². The first-order valence-electron chi connectivity index (χ1n) is 11.8. The molecule has 5 rings (SSSR count). The molecule has 7 heteroatoms. The predicted octanol–water partition coefficient (Wildman–Crippen LogP) is 5.08. The second-order valence-electron chi connectivity index (χ2n) is 9.00. The van der Waals surface area contributed by atoms with Crippen LogP contribution in [0.4, 0.5) is 0 Å². The van der Waals surface area contributed by atoms with Crippen LogP contribution in [0.15, 0.2) is 47.8 Å². The Morgan fingerprint density at radius 1 is 1.12 bits per heavy atom. The number of amides is 1. The van der Waals surface area contributed by atoms with Crippen molar-refractivity contribution in [2.45, 2.75) is 44.4 Å². The van der Waals surface area contributed by atoms with E-state index in [-0.39, 0.29) is 18.1 Å². The molecular weight excluding hydrogens is 454 g/mol.